The summed E-state index contributed by atoms with van der Waals surface area (Å²) in [6.07, 6.45) is -0.267. The first-order valence-corrected chi connectivity index (χ1v) is 8.95. The molecule has 28 heavy (non-hydrogen) atoms. The van der Waals surface area contributed by atoms with Gasteiger partial charge in [-0.05, 0) is 55.0 Å². The number of methoxy groups -OCH3 is 3. The zero-order chi connectivity index (χ0) is 20.1. The Balaban J connectivity index is 1.64. The number of oxime groups is 1. The molecule has 0 saturated carbocycles. The van der Waals surface area contributed by atoms with Gasteiger partial charge in [-0.3, -0.25) is 4.79 Å². The highest BCUT2D eigenvalue weighted by atomic mass is 16.6. The van der Waals surface area contributed by atoms with Crippen LogP contribution in [0.3, 0.4) is 0 Å². The van der Waals surface area contributed by atoms with Crippen molar-refractivity contribution < 1.29 is 23.8 Å². The second-order valence-corrected chi connectivity index (χ2v) is 6.40. The van der Waals surface area contributed by atoms with Gasteiger partial charge in [-0.2, -0.15) is 0 Å². The van der Waals surface area contributed by atoms with Crippen LogP contribution in [0.1, 0.15) is 30.5 Å². The van der Waals surface area contributed by atoms with Gasteiger partial charge in [-0.25, -0.2) is 0 Å². The van der Waals surface area contributed by atoms with Gasteiger partial charge in [0.1, 0.15) is 17.2 Å². The van der Waals surface area contributed by atoms with Crippen LogP contribution in [0.5, 0.6) is 17.2 Å². The van der Waals surface area contributed by atoms with Crippen molar-refractivity contribution in [2.24, 2.45) is 5.16 Å². The molecule has 0 fully saturated rings. The van der Waals surface area contributed by atoms with Crippen molar-refractivity contribution >= 4 is 11.6 Å². The number of ether oxygens (including phenoxy) is 3. The highest BCUT2D eigenvalue weighted by molar-refractivity contribution is 6.04. The fraction of sp³-hybridized carbons (Fsp3) is 0.333. The van der Waals surface area contributed by atoms with Gasteiger partial charge in [0.2, 0.25) is 6.10 Å². The Bertz CT molecular complexity index is 864. The van der Waals surface area contributed by atoms with E-state index in [1.165, 1.54) is 0 Å². The minimum atomic E-state index is -0.670. The smallest absolute Gasteiger partial charge is 0.264 e. The van der Waals surface area contributed by atoms with Crippen molar-refractivity contribution in [2.75, 3.05) is 21.3 Å². The third-order valence-corrected chi connectivity index (χ3v) is 4.65. The molecule has 1 amide bonds. The van der Waals surface area contributed by atoms with Gasteiger partial charge in [0.15, 0.2) is 0 Å². The molecular weight excluding hydrogens is 360 g/mol. The predicted molar refractivity (Wildman–Crippen MR) is 105 cm³/mol. The Morgan fingerprint density at radius 3 is 2.39 bits per heavy atom. The molecule has 1 aliphatic rings. The molecule has 2 atom stereocenters. The molecule has 7 heteroatoms. The summed E-state index contributed by atoms with van der Waals surface area (Å²) in [5, 5.41) is 7.04. The van der Waals surface area contributed by atoms with Crippen molar-refractivity contribution in [3.8, 4) is 17.2 Å². The summed E-state index contributed by atoms with van der Waals surface area (Å²) in [5.74, 6) is 1.90. The zero-order valence-corrected chi connectivity index (χ0v) is 16.4. The molecule has 0 aromatic heterocycles. The highest BCUT2D eigenvalue weighted by Gasteiger charge is 2.30. The second kappa shape index (κ2) is 8.65. The summed E-state index contributed by atoms with van der Waals surface area (Å²) in [6, 6.07) is 12.7. The van der Waals surface area contributed by atoms with Crippen molar-refractivity contribution in [2.45, 2.75) is 25.5 Å². The summed E-state index contributed by atoms with van der Waals surface area (Å²) in [7, 11) is 4.80. The number of carbonyl (C=O) groups is 1. The lowest BCUT2D eigenvalue weighted by Gasteiger charge is -2.19. The number of nitrogens with one attached hydrogen (secondary N) is 1. The molecular formula is C21H24N2O5. The maximum Gasteiger partial charge on any atom is 0.264 e. The molecule has 1 N–H and O–H groups in total. The molecule has 3 rings (SSSR count). The summed E-state index contributed by atoms with van der Waals surface area (Å²) < 4.78 is 15.8. The first-order valence-electron chi connectivity index (χ1n) is 8.95. The van der Waals surface area contributed by atoms with E-state index in [-0.39, 0.29) is 11.9 Å². The molecule has 0 radical (unpaired) electrons. The summed E-state index contributed by atoms with van der Waals surface area (Å²) in [5.41, 5.74) is 2.46. The summed E-state index contributed by atoms with van der Waals surface area (Å²) in [4.78, 5) is 18.0. The van der Waals surface area contributed by atoms with Gasteiger partial charge in [-0.15, -0.1) is 0 Å². The van der Waals surface area contributed by atoms with Gasteiger partial charge in [0.05, 0.1) is 33.1 Å². The Hall–Kier alpha value is -3.22. The number of hydrogen-bond donors (Lipinski definition) is 1. The zero-order valence-electron chi connectivity index (χ0n) is 16.4. The number of benzene rings is 2. The third-order valence-electron chi connectivity index (χ3n) is 4.65. The van der Waals surface area contributed by atoms with E-state index in [4.69, 9.17) is 19.0 Å². The molecule has 0 spiro atoms. The normalized spacial score (nSPS) is 16.6. The van der Waals surface area contributed by atoms with E-state index in [1.54, 1.807) is 21.3 Å². The average molecular weight is 384 g/mol. The van der Waals surface area contributed by atoms with E-state index in [9.17, 15) is 4.79 Å². The van der Waals surface area contributed by atoms with Crippen LogP contribution in [0.15, 0.2) is 47.6 Å². The number of hydrogen-bond acceptors (Lipinski definition) is 6. The first kappa shape index (κ1) is 19.5. The Labute approximate surface area is 164 Å². The Kier molecular flexibility index (Phi) is 6.03. The van der Waals surface area contributed by atoms with E-state index < -0.39 is 6.10 Å². The number of carbonyl (C=O) groups excluding carboxylic acids is 1. The fourth-order valence-electron chi connectivity index (χ4n) is 3.03. The van der Waals surface area contributed by atoms with Gasteiger partial charge < -0.3 is 24.4 Å². The topological polar surface area (TPSA) is 78.4 Å². The van der Waals surface area contributed by atoms with Gasteiger partial charge >= 0.3 is 0 Å². The lowest BCUT2D eigenvalue weighted by molar-refractivity contribution is -0.131. The fourth-order valence-corrected chi connectivity index (χ4v) is 3.03. The number of rotatable bonds is 7. The van der Waals surface area contributed by atoms with E-state index in [0.29, 0.717) is 17.9 Å². The molecule has 1 aliphatic heterocycles. The average Bonchev–Trinajstić information content (AvgIpc) is 3.23. The number of nitrogens with zero attached hydrogens (tertiary/aromatic N) is 1. The van der Waals surface area contributed by atoms with Crippen LogP contribution in [0.4, 0.5) is 0 Å². The molecule has 2 aromatic rings. The van der Waals surface area contributed by atoms with Crippen LogP contribution in [0.25, 0.3) is 0 Å². The molecule has 2 aromatic carbocycles. The van der Waals surface area contributed by atoms with Crippen molar-refractivity contribution in [1.82, 2.24) is 5.32 Å². The number of amides is 1. The van der Waals surface area contributed by atoms with Gasteiger partial charge in [-0.1, -0.05) is 5.16 Å². The van der Waals surface area contributed by atoms with Crippen LogP contribution in [-0.4, -0.2) is 39.1 Å². The molecule has 1 heterocycles. The Morgan fingerprint density at radius 2 is 1.75 bits per heavy atom. The monoisotopic (exact) mass is 384 g/mol. The minimum absolute atomic E-state index is 0.232. The van der Waals surface area contributed by atoms with E-state index in [0.717, 1.165) is 22.6 Å². The molecule has 0 saturated heterocycles. The van der Waals surface area contributed by atoms with Crippen LogP contribution in [0, 0.1) is 0 Å². The van der Waals surface area contributed by atoms with Gasteiger partial charge in [0, 0.05) is 12.0 Å². The summed E-state index contributed by atoms with van der Waals surface area (Å²) >= 11 is 0. The standard InChI is InChI=1S/C21H24N2O5/c1-13(17-11-16(26-3)9-10-19(17)27-4)22-21(24)20-12-18(23-28-20)14-5-7-15(25-2)8-6-14/h5-11,13,20H,12H2,1-4H3,(H,22,24). The van der Waals surface area contributed by atoms with Crippen LogP contribution in [-0.2, 0) is 9.63 Å². The lowest BCUT2D eigenvalue weighted by Crippen LogP contribution is -2.36. The lowest BCUT2D eigenvalue weighted by atomic mass is 10.0. The van der Waals surface area contributed by atoms with E-state index in [2.05, 4.69) is 10.5 Å². The van der Waals surface area contributed by atoms with Crippen LogP contribution < -0.4 is 19.5 Å². The Morgan fingerprint density at radius 1 is 1.07 bits per heavy atom. The molecule has 2 unspecified atom stereocenters. The molecule has 148 valence electrons. The first-order chi connectivity index (χ1) is 13.5. The quantitative estimate of drug-likeness (QED) is 0.794. The second-order valence-electron chi connectivity index (χ2n) is 6.40. The van der Waals surface area contributed by atoms with Crippen LogP contribution in [0.2, 0.25) is 0 Å². The third kappa shape index (κ3) is 4.19. The van der Waals surface area contributed by atoms with E-state index >= 15 is 0 Å². The maximum atomic E-state index is 12.7. The predicted octanol–water partition coefficient (Wildman–Crippen LogP) is 3.08. The molecule has 0 bridgehead atoms. The van der Waals surface area contributed by atoms with E-state index in [1.807, 2.05) is 49.4 Å². The van der Waals surface area contributed by atoms with Crippen molar-refractivity contribution in [1.29, 1.82) is 0 Å². The van der Waals surface area contributed by atoms with Crippen molar-refractivity contribution in [3.63, 3.8) is 0 Å². The largest absolute Gasteiger partial charge is 0.497 e. The highest BCUT2D eigenvalue weighted by Crippen LogP contribution is 2.29. The minimum Gasteiger partial charge on any atom is -0.497 e. The van der Waals surface area contributed by atoms with Crippen LogP contribution >= 0.6 is 0 Å². The summed E-state index contributed by atoms with van der Waals surface area (Å²) in [6.45, 7) is 1.88. The SMILES string of the molecule is COc1ccc(C2=NOC(C(=O)NC(C)c3cc(OC)ccc3OC)C2)cc1. The molecule has 0 aliphatic carbocycles. The molecule has 7 nitrogen and oxygen atoms in total. The maximum absolute atomic E-state index is 12.7. The van der Waals surface area contributed by atoms with Gasteiger partial charge in [0.25, 0.3) is 5.91 Å². The van der Waals surface area contributed by atoms with Crippen molar-refractivity contribution in [3.05, 3.63) is 53.6 Å².